The van der Waals surface area contributed by atoms with E-state index in [1.807, 2.05) is 0 Å². The lowest BCUT2D eigenvalue weighted by Gasteiger charge is -2.33. The van der Waals surface area contributed by atoms with Gasteiger partial charge >= 0.3 is 35.8 Å². The van der Waals surface area contributed by atoms with E-state index in [9.17, 15) is 28.8 Å². The highest BCUT2D eigenvalue weighted by atomic mass is 16.6. The van der Waals surface area contributed by atoms with Gasteiger partial charge in [-0.05, 0) is 106 Å². The van der Waals surface area contributed by atoms with Crippen LogP contribution in [0.4, 0.5) is 0 Å². The molecule has 306 valence electrons. The Morgan fingerprint density at radius 2 is 0.782 bits per heavy atom. The van der Waals surface area contributed by atoms with Crippen molar-refractivity contribution < 1.29 is 57.2 Å². The van der Waals surface area contributed by atoms with Crippen molar-refractivity contribution in [2.45, 2.75) is 85.5 Å². The van der Waals surface area contributed by atoms with Crippen LogP contribution in [0, 0.1) is 58.2 Å². The van der Waals surface area contributed by atoms with Crippen LogP contribution in [0.15, 0.2) is 50.6 Å². The second-order valence-electron chi connectivity index (χ2n) is 16.2. The third kappa shape index (κ3) is 12.9. The van der Waals surface area contributed by atoms with Gasteiger partial charge in [0.25, 0.3) is 0 Å². The minimum Gasteiger partial charge on any atom is -0.466 e. The summed E-state index contributed by atoms with van der Waals surface area (Å²) in [6.07, 6.45) is 15.4. The molecule has 0 aromatic heterocycles. The molecule has 0 N–H and O–H groups in total. The van der Waals surface area contributed by atoms with Gasteiger partial charge in [0, 0.05) is 35.1 Å². The summed E-state index contributed by atoms with van der Waals surface area (Å²) < 4.78 is 29.4. The molecule has 0 aromatic rings. The molecule has 0 amide bonds. The standard InChI is InChI=1S/C15H22.2C14H20O6/c1-3-10-5-8(1)12-7-13-9-2-4-11(6-9)15(13)14(10)12;2*1-5-11(15)19-9-14(4,8-13(17)18-7-3)10-20-12(16)6-2/h8-15H,1-7H2;2*5-6H,1-2,7-10H2,3-4H3. The monoisotopic (exact) mass is 770 g/mol. The Kier molecular flexibility index (Phi) is 17.4. The minimum absolute atomic E-state index is 0.0459. The molecule has 5 saturated carbocycles. The fourth-order valence-corrected chi connectivity index (χ4v) is 9.75. The average molecular weight is 771 g/mol. The largest absolute Gasteiger partial charge is 0.466 e. The number of hydrogen-bond donors (Lipinski definition) is 0. The molecule has 12 heteroatoms. The third-order valence-electron chi connectivity index (χ3n) is 12.0. The highest BCUT2D eigenvalue weighted by molar-refractivity contribution is 5.82. The van der Waals surface area contributed by atoms with E-state index in [-0.39, 0.29) is 52.5 Å². The van der Waals surface area contributed by atoms with Crippen molar-refractivity contribution in [2.24, 2.45) is 58.2 Å². The Morgan fingerprint density at radius 3 is 1.05 bits per heavy atom. The molecule has 5 fully saturated rings. The maximum atomic E-state index is 11.5. The zero-order chi connectivity index (χ0) is 40.8. The van der Waals surface area contributed by atoms with E-state index in [4.69, 9.17) is 28.4 Å². The van der Waals surface area contributed by atoms with Crippen LogP contribution >= 0.6 is 0 Å². The zero-order valence-corrected chi connectivity index (χ0v) is 33.3. The molecular formula is C43H62O12. The lowest BCUT2D eigenvalue weighted by Crippen LogP contribution is -2.34. The van der Waals surface area contributed by atoms with Crippen molar-refractivity contribution in [3.63, 3.8) is 0 Å². The van der Waals surface area contributed by atoms with Crippen molar-refractivity contribution >= 4 is 35.8 Å². The third-order valence-corrected chi connectivity index (χ3v) is 12.0. The summed E-state index contributed by atoms with van der Waals surface area (Å²) in [5.74, 6) is 6.35. The quantitative estimate of drug-likeness (QED) is 0.0845. The highest BCUT2D eigenvalue weighted by Gasteiger charge is 2.63. The summed E-state index contributed by atoms with van der Waals surface area (Å²) in [5, 5.41) is 0. The highest BCUT2D eigenvalue weighted by Crippen LogP contribution is 2.70. The van der Waals surface area contributed by atoms with Gasteiger partial charge in [-0.2, -0.15) is 0 Å². The van der Waals surface area contributed by atoms with E-state index in [1.54, 1.807) is 72.6 Å². The maximum Gasteiger partial charge on any atom is 0.330 e. The van der Waals surface area contributed by atoms with Crippen LogP contribution in [0.2, 0.25) is 0 Å². The van der Waals surface area contributed by atoms with Gasteiger partial charge in [0.1, 0.15) is 26.4 Å². The summed E-state index contributed by atoms with van der Waals surface area (Å²) in [7, 11) is 0. The number of rotatable bonds is 18. The molecule has 5 rings (SSSR count). The van der Waals surface area contributed by atoms with Crippen molar-refractivity contribution in [2.75, 3.05) is 39.6 Å². The Morgan fingerprint density at radius 1 is 0.491 bits per heavy atom. The van der Waals surface area contributed by atoms with Gasteiger partial charge in [0.15, 0.2) is 0 Å². The Labute approximate surface area is 326 Å². The molecule has 5 aliphatic rings. The molecule has 0 spiro atoms. The number of esters is 6. The molecule has 0 aliphatic heterocycles. The molecule has 8 atom stereocenters. The Bertz CT molecular complexity index is 1260. The molecular weight excluding hydrogens is 708 g/mol. The first-order valence-corrected chi connectivity index (χ1v) is 19.6. The van der Waals surface area contributed by atoms with Gasteiger partial charge < -0.3 is 28.4 Å². The lowest BCUT2D eigenvalue weighted by atomic mass is 9.72. The van der Waals surface area contributed by atoms with Crippen LogP contribution in [0.25, 0.3) is 0 Å². The summed E-state index contributed by atoms with van der Waals surface area (Å²) >= 11 is 0. The summed E-state index contributed by atoms with van der Waals surface area (Å²) in [6.45, 7) is 19.9. The van der Waals surface area contributed by atoms with Crippen LogP contribution in [0.3, 0.4) is 0 Å². The van der Waals surface area contributed by atoms with Crippen LogP contribution in [-0.4, -0.2) is 75.5 Å². The number of carbonyl (C=O) groups is 6. The first-order chi connectivity index (χ1) is 26.1. The van der Waals surface area contributed by atoms with E-state index in [0.29, 0.717) is 0 Å². The fraction of sp³-hybridized carbons (Fsp3) is 0.674. The van der Waals surface area contributed by atoms with Crippen LogP contribution < -0.4 is 0 Å². The average Bonchev–Trinajstić information content (AvgIpc) is 4.01. The van der Waals surface area contributed by atoms with Gasteiger partial charge in [-0.15, -0.1) is 0 Å². The fourth-order valence-electron chi connectivity index (χ4n) is 9.75. The predicted molar refractivity (Wildman–Crippen MR) is 204 cm³/mol. The van der Waals surface area contributed by atoms with Gasteiger partial charge in [-0.3, -0.25) is 9.59 Å². The Hall–Kier alpha value is -4.22. The van der Waals surface area contributed by atoms with Crippen LogP contribution in [-0.2, 0) is 57.2 Å². The summed E-state index contributed by atoms with van der Waals surface area (Å²) in [4.78, 5) is 67.4. The first kappa shape index (κ1) is 45.2. The second-order valence-corrected chi connectivity index (χ2v) is 16.2. The molecule has 12 nitrogen and oxygen atoms in total. The second kappa shape index (κ2) is 21.2. The zero-order valence-electron chi connectivity index (χ0n) is 33.3. The van der Waals surface area contributed by atoms with Crippen LogP contribution in [0.5, 0.6) is 0 Å². The molecule has 55 heavy (non-hydrogen) atoms. The molecule has 0 radical (unpaired) electrons. The molecule has 4 bridgehead atoms. The van der Waals surface area contributed by atoms with Gasteiger partial charge in [-0.25, -0.2) is 19.2 Å². The van der Waals surface area contributed by atoms with E-state index in [1.165, 1.54) is 47.3 Å². The molecule has 0 saturated heterocycles. The normalized spacial score (nSPS) is 26.3. The molecule has 0 heterocycles. The predicted octanol–water partition coefficient (Wildman–Crippen LogP) is 6.52. The molecule has 8 unspecified atom stereocenters. The van der Waals surface area contributed by atoms with E-state index >= 15 is 0 Å². The van der Waals surface area contributed by atoms with E-state index in [0.717, 1.165) is 24.3 Å². The van der Waals surface area contributed by atoms with Gasteiger partial charge in [0.2, 0.25) is 0 Å². The van der Waals surface area contributed by atoms with Crippen molar-refractivity contribution in [3.8, 4) is 0 Å². The number of hydrogen-bond acceptors (Lipinski definition) is 12. The lowest BCUT2D eigenvalue weighted by molar-refractivity contribution is -0.156. The van der Waals surface area contributed by atoms with Crippen molar-refractivity contribution in [1.82, 2.24) is 0 Å². The van der Waals surface area contributed by atoms with Gasteiger partial charge in [-0.1, -0.05) is 40.2 Å². The van der Waals surface area contributed by atoms with Crippen molar-refractivity contribution in [3.05, 3.63) is 50.6 Å². The number of carbonyl (C=O) groups excluding carboxylic acids is 6. The molecule has 5 aliphatic carbocycles. The smallest absolute Gasteiger partial charge is 0.330 e. The minimum atomic E-state index is -0.871. The van der Waals surface area contributed by atoms with Crippen molar-refractivity contribution in [1.29, 1.82) is 0 Å². The SMILES string of the molecule is C1CC2CC1C1CC3C4CCC(C4)C3C21.C=CC(=O)OCC(C)(COC(=O)C=C)CC(=O)OCC.C=CC(=O)OCC(C)(COC(=O)C=C)CC(=O)OCC. The Balaban J connectivity index is 0.000000222. The van der Waals surface area contributed by atoms with Crippen LogP contribution in [0.1, 0.15) is 85.5 Å². The molecule has 0 aromatic carbocycles. The first-order valence-electron chi connectivity index (χ1n) is 19.6. The van der Waals surface area contributed by atoms with E-state index < -0.39 is 46.6 Å². The summed E-state index contributed by atoms with van der Waals surface area (Å²) in [5.41, 5.74) is -1.74. The van der Waals surface area contributed by atoms with Gasteiger partial charge in [0.05, 0.1) is 26.1 Å². The van der Waals surface area contributed by atoms with E-state index in [2.05, 4.69) is 26.3 Å². The summed E-state index contributed by atoms with van der Waals surface area (Å²) in [6, 6.07) is 0. The number of fused-ring (bicyclic) bond motifs is 11. The topological polar surface area (TPSA) is 158 Å². The maximum absolute atomic E-state index is 11.5. The number of ether oxygens (including phenoxy) is 6.